The molecule has 0 saturated heterocycles. The molecule has 0 fully saturated rings. The Morgan fingerprint density at radius 2 is 1.18 bits per heavy atom. The molecule has 0 spiro atoms. The second kappa shape index (κ2) is 33.3. The topological polar surface area (TPSA) is 414 Å². The average molecular weight is 1150 g/mol. The van der Waals surface area contributed by atoms with Crippen molar-refractivity contribution in [2.45, 2.75) is 127 Å². The van der Waals surface area contributed by atoms with Gasteiger partial charge >= 0.3 is 0 Å². The monoisotopic (exact) mass is 1150 g/mol. The number of guanidine groups is 1. The summed E-state index contributed by atoms with van der Waals surface area (Å²) in [5.74, 6) is -7.58. The Hall–Kier alpha value is -8.14. The zero-order chi connectivity index (χ0) is 58.7. The molecule has 80 heavy (non-hydrogen) atoms. The number of imidazole rings is 1. The van der Waals surface area contributed by atoms with Crippen LogP contribution < -0.4 is 65.1 Å². The number of aromatic nitrogens is 3. The highest BCUT2D eigenvalue weighted by Gasteiger charge is 2.34. The molecule has 0 aliphatic rings. The number of nitrogens with two attached hydrogens (primary N) is 3. The third-order valence-corrected chi connectivity index (χ3v) is 13.2. The second-order valence-electron chi connectivity index (χ2n) is 18.8. The molecule has 0 bridgehead atoms. The van der Waals surface area contributed by atoms with Crippen LogP contribution in [0.3, 0.4) is 0 Å². The number of nitrogens with one attached hydrogen (secondary N) is 11. The minimum Gasteiger partial charge on any atom is -0.370 e. The average Bonchev–Trinajstić information content (AvgIpc) is 4.12. The number of primary amides is 1. The number of rotatable bonds is 34. The van der Waals surface area contributed by atoms with E-state index < -0.39 is 107 Å². The van der Waals surface area contributed by atoms with Crippen LogP contribution >= 0.6 is 25.3 Å². The van der Waals surface area contributed by atoms with E-state index in [2.05, 4.69) is 93.1 Å². The molecule has 434 valence electrons. The highest BCUT2D eigenvalue weighted by Crippen LogP contribution is 2.20. The van der Waals surface area contributed by atoms with Crippen LogP contribution in [0.4, 0.5) is 0 Å². The highest BCUT2D eigenvalue weighted by atomic mass is 32.1. The summed E-state index contributed by atoms with van der Waals surface area (Å²) < 4.78 is 0. The number of carbonyl (C=O) groups is 10. The van der Waals surface area contributed by atoms with E-state index in [0.29, 0.717) is 29.7 Å². The summed E-state index contributed by atoms with van der Waals surface area (Å²) in [5, 5.41) is 24.5. The first-order valence-corrected chi connectivity index (χ1v) is 27.3. The highest BCUT2D eigenvalue weighted by molar-refractivity contribution is 7.80. The van der Waals surface area contributed by atoms with E-state index in [1.165, 1.54) is 26.4 Å². The van der Waals surface area contributed by atoms with E-state index in [1.807, 2.05) is 31.2 Å². The Labute approximate surface area is 473 Å². The van der Waals surface area contributed by atoms with Crippen molar-refractivity contribution in [3.05, 3.63) is 90.1 Å². The summed E-state index contributed by atoms with van der Waals surface area (Å²) >= 11 is 8.27. The largest absolute Gasteiger partial charge is 0.370 e. The molecule has 10 amide bonds. The van der Waals surface area contributed by atoms with Crippen LogP contribution in [0, 0.1) is 0 Å². The maximum atomic E-state index is 14.7. The maximum absolute atomic E-state index is 14.7. The smallest absolute Gasteiger partial charge is 0.244 e. The third kappa shape index (κ3) is 21.6. The summed E-state index contributed by atoms with van der Waals surface area (Å²) in [4.78, 5) is 148. The minimum atomic E-state index is -1.40. The van der Waals surface area contributed by atoms with Gasteiger partial charge in [-0.3, -0.25) is 52.9 Å². The van der Waals surface area contributed by atoms with Gasteiger partial charge in [-0.1, -0.05) is 68.3 Å². The van der Waals surface area contributed by atoms with Crippen LogP contribution in [0.25, 0.3) is 10.9 Å². The van der Waals surface area contributed by atoms with E-state index in [0.717, 1.165) is 17.3 Å². The van der Waals surface area contributed by atoms with E-state index in [-0.39, 0.29) is 69.1 Å². The van der Waals surface area contributed by atoms with Crippen LogP contribution in [0.5, 0.6) is 0 Å². The van der Waals surface area contributed by atoms with E-state index in [4.69, 9.17) is 17.2 Å². The lowest BCUT2D eigenvalue weighted by Gasteiger charge is -2.27. The van der Waals surface area contributed by atoms with Gasteiger partial charge in [0.2, 0.25) is 59.1 Å². The van der Waals surface area contributed by atoms with Crippen LogP contribution in [-0.2, 0) is 67.2 Å². The maximum Gasteiger partial charge on any atom is 0.244 e. The molecule has 4 aromatic rings. The standard InChI is InChI=1S/C52H74N16O10S2/c1-4-5-15-36(62-30(3)69)47(74)68-42(27-80)51(78)61-29(2)45(72)65-40(23-33-25-56-28-60-33)50(77)66-38(21-31-12-7-6-8-13-31)49(76)64-37(17-11-19-58-52(54)55)48(75)67-39(22-32-24-59-35-16-10-9-14-34(32)35)46(73)57-20-18-43(70)63-41(26-79)44(53)71/h6-10,12-14,16,24-25,28-29,36-42,59,79-80H,4-5,11,15,17-23,26-27H2,1-3H3,(H2,53,71)(H,56,60)(H,57,73)(H,61,78)(H,62,69)(H,63,70)(H,64,76)(H,65,72)(H,66,77)(H,67,75)(H,68,74)(H4,54,55,58)/t29-,36+,37+,38-,39+,40+,41+,42+/m1/s1. The summed E-state index contributed by atoms with van der Waals surface area (Å²) in [6.07, 6.45) is 5.71. The molecule has 2 heterocycles. The fourth-order valence-corrected chi connectivity index (χ4v) is 8.69. The molecule has 8 atom stereocenters. The Morgan fingerprint density at radius 3 is 1.79 bits per heavy atom. The van der Waals surface area contributed by atoms with Gasteiger partial charge in [0.15, 0.2) is 5.96 Å². The minimum absolute atomic E-state index is 0.0455. The lowest BCUT2D eigenvalue weighted by Crippen LogP contribution is -2.60. The number of carbonyl (C=O) groups excluding carboxylic acids is 10. The molecule has 0 radical (unpaired) electrons. The van der Waals surface area contributed by atoms with Crippen molar-refractivity contribution in [1.29, 1.82) is 0 Å². The van der Waals surface area contributed by atoms with Crippen LogP contribution in [0.1, 0.15) is 76.1 Å². The molecule has 0 unspecified atom stereocenters. The first kappa shape index (κ1) is 64.4. The van der Waals surface area contributed by atoms with Gasteiger partial charge in [0.1, 0.15) is 48.3 Å². The second-order valence-corrected chi connectivity index (χ2v) is 19.6. The summed E-state index contributed by atoms with van der Waals surface area (Å²) in [5.41, 5.74) is 18.9. The van der Waals surface area contributed by atoms with E-state index in [9.17, 15) is 47.9 Å². The number of H-pyrrole nitrogens is 2. The zero-order valence-corrected chi connectivity index (χ0v) is 46.6. The number of thiol groups is 2. The third-order valence-electron chi connectivity index (χ3n) is 12.5. The first-order chi connectivity index (χ1) is 38.2. The Bertz CT molecular complexity index is 2760. The molecule has 2 aromatic heterocycles. The van der Waals surface area contributed by atoms with E-state index >= 15 is 0 Å². The normalized spacial score (nSPS) is 14.0. The van der Waals surface area contributed by atoms with Crippen molar-refractivity contribution < 1.29 is 47.9 Å². The van der Waals surface area contributed by atoms with Crippen molar-refractivity contribution in [3.63, 3.8) is 0 Å². The van der Waals surface area contributed by atoms with Crippen molar-refractivity contribution in [2.24, 2.45) is 22.2 Å². The Kier molecular flexibility index (Phi) is 26.8. The number of nitrogens with zero attached hydrogens (tertiary/aromatic N) is 2. The predicted octanol–water partition coefficient (Wildman–Crippen LogP) is -2.07. The number of hydrogen-bond acceptors (Lipinski definition) is 14. The summed E-state index contributed by atoms with van der Waals surface area (Å²) in [7, 11) is 0. The van der Waals surface area contributed by atoms with Gasteiger partial charge in [-0.05, 0) is 43.4 Å². The zero-order valence-electron chi connectivity index (χ0n) is 44.8. The number of amides is 10. The molecule has 28 heteroatoms. The molecule has 26 nitrogen and oxygen atoms in total. The lowest BCUT2D eigenvalue weighted by atomic mass is 10.0. The van der Waals surface area contributed by atoms with Crippen molar-refractivity contribution in [1.82, 2.24) is 62.8 Å². The molecule has 17 N–H and O–H groups in total. The number of fused-ring (bicyclic) bond motifs is 1. The van der Waals surface area contributed by atoms with Gasteiger partial charge in [0.25, 0.3) is 0 Å². The first-order valence-electron chi connectivity index (χ1n) is 26.0. The van der Waals surface area contributed by atoms with Crippen molar-refractivity contribution in [2.75, 3.05) is 24.6 Å². The Morgan fingerprint density at radius 1 is 0.613 bits per heavy atom. The van der Waals surface area contributed by atoms with Crippen LogP contribution in [-0.4, -0.2) is 153 Å². The molecular formula is C52H74N16O10S2. The Balaban J connectivity index is 1.59. The number of aliphatic imine (C=N–C) groups is 1. The lowest BCUT2D eigenvalue weighted by molar-refractivity contribution is -0.135. The fraction of sp³-hybridized carbons (Fsp3) is 0.462. The number of unbranched alkanes of at least 4 members (excludes halogenated alkanes) is 1. The van der Waals surface area contributed by atoms with Crippen molar-refractivity contribution >= 4 is 101 Å². The van der Waals surface area contributed by atoms with Gasteiger partial charge in [-0.25, -0.2) is 4.98 Å². The quantitative estimate of drug-likeness (QED) is 0.0104. The molecule has 2 aromatic carbocycles. The molecule has 0 aliphatic carbocycles. The molecule has 0 saturated carbocycles. The molecule has 0 aliphatic heterocycles. The van der Waals surface area contributed by atoms with Gasteiger partial charge in [0.05, 0.1) is 6.33 Å². The number of benzene rings is 2. The van der Waals surface area contributed by atoms with Gasteiger partial charge in [-0.15, -0.1) is 0 Å². The van der Waals surface area contributed by atoms with E-state index in [1.54, 1.807) is 36.5 Å². The van der Waals surface area contributed by atoms with Crippen molar-refractivity contribution in [3.8, 4) is 0 Å². The number of aromatic amines is 2. The SMILES string of the molecule is CCCC[C@H](NC(C)=O)C(=O)N[C@@H](CS)C(=O)N[C@H](C)C(=O)N[C@@H](Cc1cnc[nH]1)C(=O)N[C@H](Cc1ccccc1)C(=O)N[C@@H](CCCN=C(N)N)C(=O)N[C@@H](Cc1c[nH]c2ccccc12)C(=O)NCCC(=O)N[C@@H](CS)C(N)=O. The predicted molar refractivity (Wildman–Crippen MR) is 305 cm³/mol. The van der Waals surface area contributed by atoms with Gasteiger partial charge in [0, 0.05) is 86.2 Å². The summed E-state index contributed by atoms with van der Waals surface area (Å²) in [6, 6.07) is 6.07. The molecule has 4 rings (SSSR count). The van der Waals surface area contributed by atoms with Gasteiger partial charge < -0.3 is 75.0 Å². The summed E-state index contributed by atoms with van der Waals surface area (Å²) in [6.45, 7) is 4.41. The van der Waals surface area contributed by atoms with Crippen LogP contribution in [0.15, 0.2) is 78.3 Å². The number of para-hydroxylation sites is 1. The van der Waals surface area contributed by atoms with Crippen LogP contribution in [0.2, 0.25) is 0 Å². The van der Waals surface area contributed by atoms with Gasteiger partial charge in [-0.2, -0.15) is 25.3 Å². The number of hydrogen-bond donors (Lipinski definition) is 16. The fourth-order valence-electron chi connectivity index (χ4n) is 8.16. The molecular weight excluding hydrogens is 1070 g/mol.